The second kappa shape index (κ2) is 10.8. The minimum Gasteiger partial charge on any atom is -0.362 e. The molecule has 0 atom stereocenters. The van der Waals surface area contributed by atoms with Crippen molar-refractivity contribution in [3.8, 4) is 0 Å². The number of anilines is 1. The van der Waals surface area contributed by atoms with Crippen LogP contribution in [0, 0.1) is 0 Å². The van der Waals surface area contributed by atoms with Crippen LogP contribution in [0.4, 0.5) is 5.69 Å². The topological polar surface area (TPSA) is 24.1 Å². The average Bonchev–Trinajstić information content (AvgIpc) is 2.43. The summed E-state index contributed by atoms with van der Waals surface area (Å²) in [5.74, 6) is 0. The Morgan fingerprint density at radius 1 is 0.947 bits per heavy atom. The molecular formula is C16H26N2S. The molecule has 1 aromatic rings. The molecule has 0 fully saturated rings. The molecule has 0 heterocycles. The standard InChI is InChI=1S/C16H26N2S/c1-2-3-4-5-6-7-11-14-17-16(19)18-15-12-9-8-10-13-15/h8-10,12-13H,2-7,11,14H2,1H3,(H2,17,18,19). The molecular weight excluding hydrogens is 252 g/mol. The lowest BCUT2D eigenvalue weighted by Crippen LogP contribution is -2.29. The van der Waals surface area contributed by atoms with Crippen LogP contribution in [0.3, 0.4) is 0 Å². The van der Waals surface area contributed by atoms with Gasteiger partial charge in [0.1, 0.15) is 0 Å². The highest BCUT2D eigenvalue weighted by atomic mass is 32.1. The summed E-state index contributed by atoms with van der Waals surface area (Å²) in [5, 5.41) is 7.15. The Labute approximate surface area is 123 Å². The van der Waals surface area contributed by atoms with Crippen molar-refractivity contribution in [1.82, 2.24) is 5.32 Å². The molecule has 0 aliphatic carbocycles. The third-order valence-electron chi connectivity index (χ3n) is 3.10. The summed E-state index contributed by atoms with van der Waals surface area (Å²) < 4.78 is 0. The first kappa shape index (κ1) is 16.0. The van der Waals surface area contributed by atoms with E-state index in [2.05, 4.69) is 17.6 Å². The van der Waals surface area contributed by atoms with Crippen molar-refractivity contribution >= 4 is 23.0 Å². The smallest absolute Gasteiger partial charge is 0.170 e. The van der Waals surface area contributed by atoms with E-state index in [1.807, 2.05) is 30.3 Å². The van der Waals surface area contributed by atoms with Crippen LogP contribution in [0.1, 0.15) is 51.9 Å². The van der Waals surface area contributed by atoms with Gasteiger partial charge in [-0.25, -0.2) is 0 Å². The number of hydrogen-bond acceptors (Lipinski definition) is 1. The SMILES string of the molecule is CCCCCCCCCNC(=S)Nc1ccccc1. The molecule has 0 aromatic heterocycles. The summed E-state index contributed by atoms with van der Waals surface area (Å²) in [6.07, 6.45) is 9.30. The Hall–Kier alpha value is -1.09. The summed E-state index contributed by atoms with van der Waals surface area (Å²) in [6, 6.07) is 10.0. The van der Waals surface area contributed by atoms with Crippen LogP contribution in [0.25, 0.3) is 0 Å². The molecule has 106 valence electrons. The summed E-state index contributed by atoms with van der Waals surface area (Å²) in [7, 11) is 0. The van der Waals surface area contributed by atoms with E-state index in [9.17, 15) is 0 Å². The molecule has 0 radical (unpaired) electrons. The van der Waals surface area contributed by atoms with Gasteiger partial charge in [0.2, 0.25) is 0 Å². The number of rotatable bonds is 9. The zero-order valence-electron chi connectivity index (χ0n) is 12.0. The Balaban J connectivity index is 1.96. The summed E-state index contributed by atoms with van der Waals surface area (Å²) in [6.45, 7) is 3.22. The molecule has 2 nitrogen and oxygen atoms in total. The highest BCUT2D eigenvalue weighted by Gasteiger charge is 1.96. The number of thiocarbonyl (C=S) groups is 1. The summed E-state index contributed by atoms with van der Waals surface area (Å²) >= 11 is 5.25. The molecule has 19 heavy (non-hydrogen) atoms. The Morgan fingerprint density at radius 2 is 1.58 bits per heavy atom. The maximum Gasteiger partial charge on any atom is 0.170 e. The Bertz CT molecular complexity index is 338. The summed E-state index contributed by atoms with van der Waals surface area (Å²) in [5.41, 5.74) is 1.04. The first-order valence-electron chi connectivity index (χ1n) is 7.43. The van der Waals surface area contributed by atoms with Gasteiger partial charge in [-0.2, -0.15) is 0 Å². The highest BCUT2D eigenvalue weighted by Crippen LogP contribution is 2.07. The first-order chi connectivity index (χ1) is 9.33. The van der Waals surface area contributed by atoms with Crippen molar-refractivity contribution in [2.45, 2.75) is 51.9 Å². The maximum atomic E-state index is 5.25. The van der Waals surface area contributed by atoms with Crippen molar-refractivity contribution in [2.75, 3.05) is 11.9 Å². The quantitative estimate of drug-likeness (QED) is 0.505. The van der Waals surface area contributed by atoms with Gasteiger partial charge in [0, 0.05) is 12.2 Å². The van der Waals surface area contributed by atoms with E-state index < -0.39 is 0 Å². The largest absolute Gasteiger partial charge is 0.362 e. The van der Waals surface area contributed by atoms with Crippen molar-refractivity contribution < 1.29 is 0 Å². The van der Waals surface area contributed by atoms with E-state index in [-0.39, 0.29) is 0 Å². The van der Waals surface area contributed by atoms with Crippen LogP contribution in [-0.4, -0.2) is 11.7 Å². The van der Waals surface area contributed by atoms with E-state index in [0.717, 1.165) is 17.3 Å². The fourth-order valence-electron chi connectivity index (χ4n) is 1.98. The normalized spacial score (nSPS) is 10.2. The molecule has 2 N–H and O–H groups in total. The minimum absolute atomic E-state index is 0.720. The van der Waals surface area contributed by atoms with E-state index in [1.165, 1.54) is 44.9 Å². The average molecular weight is 278 g/mol. The molecule has 0 saturated heterocycles. The van der Waals surface area contributed by atoms with Crippen molar-refractivity contribution in [3.05, 3.63) is 30.3 Å². The number of para-hydroxylation sites is 1. The molecule has 1 aromatic carbocycles. The molecule has 0 unspecified atom stereocenters. The van der Waals surface area contributed by atoms with E-state index in [4.69, 9.17) is 12.2 Å². The van der Waals surface area contributed by atoms with Gasteiger partial charge < -0.3 is 10.6 Å². The van der Waals surface area contributed by atoms with Crippen LogP contribution in [-0.2, 0) is 0 Å². The van der Waals surface area contributed by atoms with Gasteiger partial charge in [-0.3, -0.25) is 0 Å². The number of benzene rings is 1. The zero-order chi connectivity index (χ0) is 13.8. The van der Waals surface area contributed by atoms with E-state index in [0.29, 0.717) is 0 Å². The lowest BCUT2D eigenvalue weighted by molar-refractivity contribution is 0.586. The predicted octanol–water partition coefficient (Wildman–Crippen LogP) is 4.72. The van der Waals surface area contributed by atoms with Gasteiger partial charge in [0.05, 0.1) is 0 Å². The van der Waals surface area contributed by atoms with Crippen LogP contribution < -0.4 is 10.6 Å². The van der Waals surface area contributed by atoms with Gasteiger partial charge in [-0.1, -0.05) is 63.6 Å². The Morgan fingerprint density at radius 3 is 2.26 bits per heavy atom. The van der Waals surface area contributed by atoms with Gasteiger partial charge in [0.15, 0.2) is 5.11 Å². The molecule has 1 rings (SSSR count). The van der Waals surface area contributed by atoms with Gasteiger partial charge in [-0.05, 0) is 30.8 Å². The number of nitrogens with one attached hydrogen (secondary N) is 2. The fourth-order valence-corrected chi connectivity index (χ4v) is 2.20. The molecule has 0 spiro atoms. The van der Waals surface area contributed by atoms with Crippen molar-refractivity contribution in [2.24, 2.45) is 0 Å². The van der Waals surface area contributed by atoms with Gasteiger partial charge >= 0.3 is 0 Å². The van der Waals surface area contributed by atoms with Crippen LogP contribution in [0.2, 0.25) is 0 Å². The van der Waals surface area contributed by atoms with E-state index in [1.54, 1.807) is 0 Å². The predicted molar refractivity (Wildman–Crippen MR) is 88.7 cm³/mol. The monoisotopic (exact) mass is 278 g/mol. The molecule has 0 aliphatic rings. The molecule has 0 bridgehead atoms. The molecule has 0 aliphatic heterocycles. The molecule has 0 amide bonds. The Kier molecular flexibility index (Phi) is 9.07. The zero-order valence-corrected chi connectivity index (χ0v) is 12.8. The van der Waals surface area contributed by atoms with E-state index >= 15 is 0 Å². The lowest BCUT2D eigenvalue weighted by atomic mass is 10.1. The van der Waals surface area contributed by atoms with Crippen LogP contribution in [0.15, 0.2) is 30.3 Å². The van der Waals surface area contributed by atoms with Crippen LogP contribution >= 0.6 is 12.2 Å². The van der Waals surface area contributed by atoms with Crippen LogP contribution in [0.5, 0.6) is 0 Å². The summed E-state index contributed by atoms with van der Waals surface area (Å²) in [4.78, 5) is 0. The number of hydrogen-bond donors (Lipinski definition) is 2. The fraction of sp³-hybridized carbons (Fsp3) is 0.562. The van der Waals surface area contributed by atoms with Gasteiger partial charge in [0.25, 0.3) is 0 Å². The molecule has 0 saturated carbocycles. The number of unbranched alkanes of at least 4 members (excludes halogenated alkanes) is 6. The third-order valence-corrected chi connectivity index (χ3v) is 3.34. The maximum absolute atomic E-state index is 5.25. The van der Waals surface area contributed by atoms with Gasteiger partial charge in [-0.15, -0.1) is 0 Å². The van der Waals surface area contributed by atoms with Crippen molar-refractivity contribution in [3.63, 3.8) is 0 Å². The second-order valence-corrected chi connectivity index (χ2v) is 5.28. The lowest BCUT2D eigenvalue weighted by Gasteiger charge is -2.10. The highest BCUT2D eigenvalue weighted by molar-refractivity contribution is 7.80. The van der Waals surface area contributed by atoms with Crippen molar-refractivity contribution in [1.29, 1.82) is 0 Å². The minimum atomic E-state index is 0.720. The second-order valence-electron chi connectivity index (χ2n) is 4.87. The third kappa shape index (κ3) is 8.60. The molecule has 3 heteroatoms. The first-order valence-corrected chi connectivity index (χ1v) is 7.83.